The SMILES string of the molecule is COc1ccc(NC(=O)C2C3CCC(C3)C2N)cc1NC(C)=O.Cl. The summed E-state index contributed by atoms with van der Waals surface area (Å²) in [6, 6.07) is 5.15. The number of hydrogen-bond acceptors (Lipinski definition) is 4. The smallest absolute Gasteiger partial charge is 0.229 e. The molecule has 6 nitrogen and oxygen atoms in total. The van der Waals surface area contributed by atoms with Crippen LogP contribution in [-0.2, 0) is 9.59 Å². The molecule has 7 heteroatoms. The van der Waals surface area contributed by atoms with Gasteiger partial charge in [-0.2, -0.15) is 0 Å². The number of benzene rings is 1. The molecule has 1 aromatic rings. The second-order valence-corrected chi connectivity index (χ2v) is 6.52. The first-order valence-electron chi connectivity index (χ1n) is 8.01. The van der Waals surface area contributed by atoms with Gasteiger partial charge in [0.25, 0.3) is 0 Å². The summed E-state index contributed by atoms with van der Waals surface area (Å²) in [4.78, 5) is 23.9. The molecule has 4 unspecified atom stereocenters. The van der Waals surface area contributed by atoms with E-state index >= 15 is 0 Å². The molecule has 2 amide bonds. The molecule has 132 valence electrons. The van der Waals surface area contributed by atoms with Crippen LogP contribution in [0.1, 0.15) is 26.2 Å². The molecule has 4 N–H and O–H groups in total. The van der Waals surface area contributed by atoms with Gasteiger partial charge in [-0.3, -0.25) is 9.59 Å². The van der Waals surface area contributed by atoms with Crippen molar-refractivity contribution < 1.29 is 14.3 Å². The molecule has 4 atom stereocenters. The molecule has 2 bridgehead atoms. The molecular weight excluding hydrogens is 330 g/mol. The molecule has 2 saturated carbocycles. The normalized spacial score (nSPS) is 27.3. The van der Waals surface area contributed by atoms with Crippen molar-refractivity contribution in [3.63, 3.8) is 0 Å². The summed E-state index contributed by atoms with van der Waals surface area (Å²) >= 11 is 0. The van der Waals surface area contributed by atoms with Crippen LogP contribution in [0, 0.1) is 17.8 Å². The number of ether oxygens (including phenoxy) is 1. The summed E-state index contributed by atoms with van der Waals surface area (Å²) in [6.45, 7) is 1.43. The van der Waals surface area contributed by atoms with Gasteiger partial charge in [0, 0.05) is 18.7 Å². The van der Waals surface area contributed by atoms with Crippen LogP contribution in [0.2, 0.25) is 0 Å². The zero-order chi connectivity index (χ0) is 16.6. The van der Waals surface area contributed by atoms with Gasteiger partial charge >= 0.3 is 0 Å². The van der Waals surface area contributed by atoms with Crippen molar-refractivity contribution in [1.29, 1.82) is 0 Å². The van der Waals surface area contributed by atoms with E-state index in [2.05, 4.69) is 10.6 Å². The van der Waals surface area contributed by atoms with Gasteiger partial charge < -0.3 is 21.1 Å². The number of amides is 2. The van der Waals surface area contributed by atoms with Crippen molar-refractivity contribution in [2.75, 3.05) is 17.7 Å². The summed E-state index contributed by atoms with van der Waals surface area (Å²) in [5.41, 5.74) is 7.39. The number of anilines is 2. The van der Waals surface area contributed by atoms with E-state index in [0.717, 1.165) is 19.3 Å². The first kappa shape index (κ1) is 18.5. The molecule has 0 aliphatic heterocycles. The molecule has 2 aliphatic carbocycles. The summed E-state index contributed by atoms with van der Waals surface area (Å²) < 4.78 is 5.22. The summed E-state index contributed by atoms with van der Waals surface area (Å²) in [5.74, 6) is 1.12. The van der Waals surface area contributed by atoms with E-state index in [0.29, 0.717) is 29.0 Å². The maximum Gasteiger partial charge on any atom is 0.229 e. The lowest BCUT2D eigenvalue weighted by molar-refractivity contribution is -0.121. The molecule has 0 radical (unpaired) electrons. The van der Waals surface area contributed by atoms with Gasteiger partial charge in [0.15, 0.2) is 0 Å². The topological polar surface area (TPSA) is 93.4 Å². The van der Waals surface area contributed by atoms with Gasteiger partial charge in [0.1, 0.15) is 5.75 Å². The molecule has 0 spiro atoms. The third-order valence-electron chi connectivity index (χ3n) is 5.06. The standard InChI is InChI=1S/C17H23N3O3.ClH/c1-9(21)19-13-8-12(5-6-14(13)23-2)20-17(22)15-10-3-4-11(7-10)16(15)18;/h5-6,8,10-11,15-16H,3-4,7,18H2,1-2H3,(H,19,21)(H,20,22);1H. The van der Waals surface area contributed by atoms with Gasteiger partial charge in [-0.05, 0) is 49.3 Å². The van der Waals surface area contributed by atoms with E-state index in [1.165, 1.54) is 14.0 Å². The van der Waals surface area contributed by atoms with Crippen molar-refractivity contribution in [2.24, 2.45) is 23.5 Å². The Morgan fingerprint density at radius 1 is 1.21 bits per heavy atom. The molecule has 3 rings (SSSR count). The monoisotopic (exact) mass is 353 g/mol. The van der Waals surface area contributed by atoms with Crippen LogP contribution in [-0.4, -0.2) is 25.0 Å². The van der Waals surface area contributed by atoms with E-state index in [1.807, 2.05) is 0 Å². The number of nitrogens with two attached hydrogens (primary N) is 1. The lowest BCUT2D eigenvalue weighted by Crippen LogP contribution is -2.42. The summed E-state index contributed by atoms with van der Waals surface area (Å²) in [5, 5.41) is 5.64. The van der Waals surface area contributed by atoms with Crippen molar-refractivity contribution in [1.82, 2.24) is 0 Å². The quantitative estimate of drug-likeness (QED) is 0.774. The second kappa shape index (κ2) is 7.40. The lowest BCUT2D eigenvalue weighted by atomic mass is 9.84. The Morgan fingerprint density at radius 3 is 2.50 bits per heavy atom. The zero-order valence-electron chi connectivity index (χ0n) is 13.9. The fourth-order valence-electron chi connectivity index (χ4n) is 4.02. The van der Waals surface area contributed by atoms with Crippen molar-refractivity contribution in [3.05, 3.63) is 18.2 Å². The minimum Gasteiger partial charge on any atom is -0.495 e. The van der Waals surface area contributed by atoms with E-state index in [4.69, 9.17) is 10.5 Å². The van der Waals surface area contributed by atoms with Crippen molar-refractivity contribution >= 4 is 35.6 Å². The number of fused-ring (bicyclic) bond motifs is 2. The third-order valence-corrected chi connectivity index (χ3v) is 5.06. The Balaban J connectivity index is 0.00000208. The molecule has 0 heterocycles. The number of methoxy groups -OCH3 is 1. The predicted octanol–water partition coefficient (Wildman–Crippen LogP) is 2.39. The number of rotatable bonds is 4. The largest absolute Gasteiger partial charge is 0.495 e. The predicted molar refractivity (Wildman–Crippen MR) is 95.5 cm³/mol. The van der Waals surface area contributed by atoms with Crippen LogP contribution in [0.5, 0.6) is 5.75 Å². The molecule has 0 aromatic heterocycles. The Bertz CT molecular complexity index is 636. The number of hydrogen-bond donors (Lipinski definition) is 3. The number of carbonyl (C=O) groups is 2. The zero-order valence-corrected chi connectivity index (χ0v) is 14.7. The van der Waals surface area contributed by atoms with Crippen LogP contribution in [0.25, 0.3) is 0 Å². The first-order valence-corrected chi connectivity index (χ1v) is 8.01. The maximum absolute atomic E-state index is 12.6. The average molecular weight is 354 g/mol. The van der Waals surface area contributed by atoms with E-state index in [9.17, 15) is 9.59 Å². The Kier molecular flexibility index (Phi) is 5.72. The second-order valence-electron chi connectivity index (χ2n) is 6.52. The van der Waals surface area contributed by atoms with Crippen molar-refractivity contribution in [3.8, 4) is 5.75 Å². The maximum atomic E-state index is 12.6. The highest BCUT2D eigenvalue weighted by molar-refractivity contribution is 5.96. The minimum absolute atomic E-state index is 0. The van der Waals surface area contributed by atoms with Crippen molar-refractivity contribution in [2.45, 2.75) is 32.2 Å². The highest BCUT2D eigenvalue weighted by Gasteiger charge is 2.49. The van der Waals surface area contributed by atoms with Gasteiger partial charge in [-0.25, -0.2) is 0 Å². The molecule has 24 heavy (non-hydrogen) atoms. The van der Waals surface area contributed by atoms with Gasteiger partial charge in [0.2, 0.25) is 11.8 Å². The number of carbonyl (C=O) groups excluding carboxylic acids is 2. The van der Waals surface area contributed by atoms with Crippen LogP contribution in [0.3, 0.4) is 0 Å². The fraction of sp³-hybridized carbons (Fsp3) is 0.529. The molecule has 2 fully saturated rings. The fourth-order valence-corrected chi connectivity index (χ4v) is 4.02. The van der Waals surface area contributed by atoms with Gasteiger partial charge in [-0.1, -0.05) is 0 Å². The molecule has 0 saturated heterocycles. The van der Waals surface area contributed by atoms with Gasteiger partial charge in [-0.15, -0.1) is 12.4 Å². The number of halogens is 1. The van der Waals surface area contributed by atoms with Gasteiger partial charge in [0.05, 0.1) is 18.7 Å². The highest BCUT2D eigenvalue weighted by Crippen LogP contribution is 2.48. The van der Waals surface area contributed by atoms with Crippen LogP contribution >= 0.6 is 12.4 Å². The number of nitrogens with one attached hydrogen (secondary N) is 2. The molecular formula is C17H24ClN3O3. The Morgan fingerprint density at radius 2 is 1.92 bits per heavy atom. The average Bonchev–Trinajstić information content (AvgIpc) is 3.07. The van der Waals surface area contributed by atoms with Crippen LogP contribution < -0.4 is 21.1 Å². The van der Waals surface area contributed by atoms with E-state index in [1.54, 1.807) is 18.2 Å². The van der Waals surface area contributed by atoms with Crippen LogP contribution in [0.4, 0.5) is 11.4 Å². The molecule has 1 aromatic carbocycles. The third kappa shape index (κ3) is 3.49. The lowest BCUT2D eigenvalue weighted by Gasteiger charge is -2.27. The molecule has 2 aliphatic rings. The first-order chi connectivity index (χ1) is 11.0. The highest BCUT2D eigenvalue weighted by atomic mass is 35.5. The minimum atomic E-state index is -0.193. The van der Waals surface area contributed by atoms with E-state index in [-0.39, 0.29) is 36.2 Å². The Hall–Kier alpha value is -1.79. The van der Waals surface area contributed by atoms with Crippen LogP contribution in [0.15, 0.2) is 18.2 Å². The summed E-state index contributed by atoms with van der Waals surface area (Å²) in [7, 11) is 1.53. The summed E-state index contributed by atoms with van der Waals surface area (Å²) in [6.07, 6.45) is 3.31. The van der Waals surface area contributed by atoms with E-state index < -0.39 is 0 Å². The Labute approximate surface area is 147 Å².